The van der Waals surface area contributed by atoms with Crippen LogP contribution >= 0.6 is 0 Å². The monoisotopic (exact) mass is 284 g/mol. The zero-order valence-corrected chi connectivity index (χ0v) is 13.1. The molecule has 1 aliphatic carbocycles. The number of carboxylic acids is 1. The highest BCUT2D eigenvalue weighted by molar-refractivity contribution is 5.85. The fraction of sp³-hybridized carbons (Fsp3) is 0.867. The van der Waals surface area contributed by atoms with Gasteiger partial charge < -0.3 is 14.9 Å². The first-order chi connectivity index (χ1) is 9.36. The molecule has 0 heterocycles. The van der Waals surface area contributed by atoms with Crippen LogP contribution in [0.1, 0.15) is 33.1 Å². The molecule has 3 unspecified atom stereocenters. The Labute approximate surface area is 121 Å². The fourth-order valence-electron chi connectivity index (χ4n) is 2.99. The van der Waals surface area contributed by atoms with Gasteiger partial charge in [-0.2, -0.15) is 0 Å². The van der Waals surface area contributed by atoms with Gasteiger partial charge >= 0.3 is 5.97 Å². The van der Waals surface area contributed by atoms with E-state index in [1.54, 1.807) is 0 Å². The van der Waals surface area contributed by atoms with Crippen molar-refractivity contribution in [2.45, 2.75) is 33.1 Å². The minimum absolute atomic E-state index is 0.0328. The summed E-state index contributed by atoms with van der Waals surface area (Å²) in [5, 5.41) is 9.30. The van der Waals surface area contributed by atoms with Gasteiger partial charge in [0.1, 0.15) is 0 Å². The Kier molecular flexibility index (Phi) is 6.46. The second-order valence-corrected chi connectivity index (χ2v) is 6.26. The highest BCUT2D eigenvalue weighted by atomic mass is 16.4. The van der Waals surface area contributed by atoms with Gasteiger partial charge in [0.05, 0.1) is 11.8 Å². The van der Waals surface area contributed by atoms with Crippen LogP contribution in [0.25, 0.3) is 0 Å². The molecule has 0 aliphatic heterocycles. The molecule has 3 atom stereocenters. The van der Waals surface area contributed by atoms with Crippen LogP contribution in [0.2, 0.25) is 0 Å². The number of carbonyl (C=O) groups is 2. The van der Waals surface area contributed by atoms with Crippen LogP contribution in [0, 0.1) is 17.8 Å². The summed E-state index contributed by atoms with van der Waals surface area (Å²) in [4.78, 5) is 27.9. The molecular weight excluding hydrogens is 256 g/mol. The molecule has 1 fully saturated rings. The third kappa shape index (κ3) is 4.47. The topological polar surface area (TPSA) is 60.9 Å². The predicted molar refractivity (Wildman–Crippen MR) is 78.4 cm³/mol. The summed E-state index contributed by atoms with van der Waals surface area (Å²) in [6.45, 7) is 6.28. The largest absolute Gasteiger partial charge is 0.481 e. The molecule has 5 heteroatoms. The smallest absolute Gasteiger partial charge is 0.307 e. The van der Waals surface area contributed by atoms with Crippen LogP contribution in [-0.2, 0) is 9.59 Å². The summed E-state index contributed by atoms with van der Waals surface area (Å²) < 4.78 is 0. The van der Waals surface area contributed by atoms with E-state index in [1.165, 1.54) is 0 Å². The normalized spacial score (nSPS) is 25.9. The molecule has 0 aromatic rings. The Morgan fingerprint density at radius 3 is 2.20 bits per heavy atom. The lowest BCUT2D eigenvalue weighted by Crippen LogP contribution is -2.42. The van der Waals surface area contributed by atoms with Crippen molar-refractivity contribution in [1.82, 2.24) is 9.80 Å². The second kappa shape index (κ2) is 7.62. The summed E-state index contributed by atoms with van der Waals surface area (Å²) in [7, 11) is 3.96. The molecule has 1 aliphatic rings. The van der Waals surface area contributed by atoms with Gasteiger partial charge in [0.2, 0.25) is 5.91 Å². The van der Waals surface area contributed by atoms with Crippen LogP contribution in [0.15, 0.2) is 0 Å². The maximum absolute atomic E-state index is 12.7. The van der Waals surface area contributed by atoms with Crippen LogP contribution in [0.5, 0.6) is 0 Å². The lowest BCUT2D eigenvalue weighted by molar-refractivity contribution is -0.149. The molecule has 1 rings (SSSR count). The van der Waals surface area contributed by atoms with Crippen molar-refractivity contribution in [2.75, 3.05) is 33.7 Å². The summed E-state index contributed by atoms with van der Waals surface area (Å²) in [6, 6.07) is 0. The number of likely N-dealkylation sites (N-methyl/N-ethyl adjacent to an activating group) is 1. The molecule has 1 saturated carbocycles. The number of aliphatic carboxylic acids is 1. The molecule has 5 nitrogen and oxygen atoms in total. The van der Waals surface area contributed by atoms with Gasteiger partial charge in [-0.3, -0.25) is 9.59 Å². The molecule has 116 valence electrons. The first kappa shape index (κ1) is 17.0. The van der Waals surface area contributed by atoms with E-state index >= 15 is 0 Å². The first-order valence-electron chi connectivity index (χ1n) is 7.53. The van der Waals surface area contributed by atoms with Crippen LogP contribution in [0.3, 0.4) is 0 Å². The quantitative estimate of drug-likeness (QED) is 0.770. The van der Waals surface area contributed by atoms with Crippen molar-refractivity contribution < 1.29 is 14.7 Å². The first-order valence-corrected chi connectivity index (χ1v) is 7.53. The van der Waals surface area contributed by atoms with Crippen molar-refractivity contribution in [3.8, 4) is 0 Å². The van der Waals surface area contributed by atoms with Crippen molar-refractivity contribution in [3.05, 3.63) is 0 Å². The van der Waals surface area contributed by atoms with Crippen molar-refractivity contribution in [3.63, 3.8) is 0 Å². The standard InChI is InChI=1S/C15H28N2O3/c1-5-6-17(8-7-16(3)4)14(18)12-9-11(2)10-13(12)15(19)20/h11-13H,5-10H2,1-4H3,(H,19,20). The molecule has 0 aromatic heterocycles. The minimum Gasteiger partial charge on any atom is -0.481 e. The van der Waals surface area contributed by atoms with Gasteiger partial charge in [-0.15, -0.1) is 0 Å². The molecule has 0 aromatic carbocycles. The number of amides is 1. The summed E-state index contributed by atoms with van der Waals surface area (Å²) in [5.74, 6) is -1.31. The fourth-order valence-corrected chi connectivity index (χ4v) is 2.99. The van der Waals surface area contributed by atoms with Gasteiger partial charge in [-0.1, -0.05) is 13.8 Å². The molecule has 0 saturated heterocycles. The maximum atomic E-state index is 12.7. The van der Waals surface area contributed by atoms with E-state index < -0.39 is 11.9 Å². The second-order valence-electron chi connectivity index (χ2n) is 6.26. The Morgan fingerprint density at radius 1 is 1.10 bits per heavy atom. The SMILES string of the molecule is CCCN(CCN(C)C)C(=O)C1CC(C)CC1C(=O)O. The van der Waals surface area contributed by atoms with Gasteiger partial charge in [0, 0.05) is 19.6 Å². The van der Waals surface area contributed by atoms with E-state index in [2.05, 4.69) is 0 Å². The Morgan fingerprint density at radius 2 is 1.70 bits per heavy atom. The molecule has 0 spiro atoms. The summed E-state index contributed by atoms with van der Waals surface area (Å²) in [5.41, 5.74) is 0. The van der Waals surface area contributed by atoms with Gasteiger partial charge in [0.15, 0.2) is 0 Å². The highest BCUT2D eigenvalue weighted by Crippen LogP contribution is 2.37. The average molecular weight is 284 g/mol. The lowest BCUT2D eigenvalue weighted by Gasteiger charge is -2.28. The van der Waals surface area contributed by atoms with E-state index in [-0.39, 0.29) is 11.8 Å². The van der Waals surface area contributed by atoms with E-state index in [1.807, 2.05) is 37.7 Å². The Balaban J connectivity index is 2.74. The molecule has 1 N–H and O–H groups in total. The molecule has 20 heavy (non-hydrogen) atoms. The lowest BCUT2D eigenvalue weighted by atomic mass is 9.94. The van der Waals surface area contributed by atoms with Gasteiger partial charge in [-0.25, -0.2) is 0 Å². The zero-order valence-electron chi connectivity index (χ0n) is 13.1. The van der Waals surface area contributed by atoms with E-state index in [9.17, 15) is 14.7 Å². The van der Waals surface area contributed by atoms with Crippen molar-refractivity contribution in [1.29, 1.82) is 0 Å². The molecule has 0 radical (unpaired) electrons. The Hall–Kier alpha value is -1.10. The van der Waals surface area contributed by atoms with E-state index in [0.29, 0.717) is 31.8 Å². The number of carbonyl (C=O) groups excluding carboxylic acids is 1. The number of nitrogens with zero attached hydrogens (tertiary/aromatic N) is 2. The molecule has 1 amide bonds. The highest BCUT2D eigenvalue weighted by Gasteiger charge is 2.42. The predicted octanol–water partition coefficient (Wildman–Crippen LogP) is 1.53. The van der Waals surface area contributed by atoms with E-state index in [0.717, 1.165) is 13.0 Å². The van der Waals surface area contributed by atoms with Gasteiger partial charge in [-0.05, 0) is 39.3 Å². The Bertz CT molecular complexity index is 344. The van der Waals surface area contributed by atoms with Crippen LogP contribution < -0.4 is 0 Å². The summed E-state index contributed by atoms with van der Waals surface area (Å²) >= 11 is 0. The van der Waals surface area contributed by atoms with Gasteiger partial charge in [0.25, 0.3) is 0 Å². The number of hydrogen-bond acceptors (Lipinski definition) is 3. The van der Waals surface area contributed by atoms with E-state index in [4.69, 9.17) is 0 Å². The number of hydrogen-bond donors (Lipinski definition) is 1. The number of carboxylic acid groups (broad SMARTS) is 1. The van der Waals surface area contributed by atoms with Crippen molar-refractivity contribution in [2.24, 2.45) is 17.8 Å². The number of rotatable bonds is 7. The zero-order chi connectivity index (χ0) is 15.3. The van der Waals surface area contributed by atoms with Crippen LogP contribution in [-0.4, -0.2) is 60.5 Å². The van der Waals surface area contributed by atoms with Crippen molar-refractivity contribution >= 4 is 11.9 Å². The third-order valence-electron chi connectivity index (χ3n) is 4.06. The van der Waals surface area contributed by atoms with Crippen LogP contribution in [0.4, 0.5) is 0 Å². The molecular formula is C15H28N2O3. The minimum atomic E-state index is -0.822. The third-order valence-corrected chi connectivity index (χ3v) is 4.06. The maximum Gasteiger partial charge on any atom is 0.307 e. The molecule has 0 bridgehead atoms. The summed E-state index contributed by atoms with van der Waals surface area (Å²) in [6.07, 6.45) is 2.23. The average Bonchev–Trinajstić information content (AvgIpc) is 2.75.